The third kappa shape index (κ3) is 2.91. The van der Waals surface area contributed by atoms with Crippen LogP contribution in [-0.2, 0) is 0 Å². The van der Waals surface area contributed by atoms with Gasteiger partial charge in [0.15, 0.2) is 11.5 Å². The lowest BCUT2D eigenvalue weighted by molar-refractivity contribution is 0.200. The van der Waals surface area contributed by atoms with Crippen molar-refractivity contribution in [1.29, 1.82) is 0 Å². The SMILES string of the molecule is COc1cc([C@@H](C)N)ccc1OC1CCCC1. The highest BCUT2D eigenvalue weighted by molar-refractivity contribution is 5.43. The summed E-state index contributed by atoms with van der Waals surface area (Å²) in [4.78, 5) is 0. The number of hydrogen-bond donors (Lipinski definition) is 1. The maximum atomic E-state index is 5.97. The van der Waals surface area contributed by atoms with Gasteiger partial charge in [0.2, 0.25) is 0 Å². The fraction of sp³-hybridized carbons (Fsp3) is 0.571. The van der Waals surface area contributed by atoms with E-state index in [1.807, 2.05) is 25.1 Å². The summed E-state index contributed by atoms with van der Waals surface area (Å²) in [6.07, 6.45) is 5.19. The molecule has 1 fully saturated rings. The van der Waals surface area contributed by atoms with E-state index in [0.717, 1.165) is 29.9 Å². The third-order valence-corrected chi connectivity index (χ3v) is 3.31. The van der Waals surface area contributed by atoms with E-state index < -0.39 is 0 Å². The van der Waals surface area contributed by atoms with Gasteiger partial charge in [-0.05, 0) is 50.3 Å². The summed E-state index contributed by atoms with van der Waals surface area (Å²) in [6, 6.07) is 5.96. The fourth-order valence-corrected chi connectivity index (χ4v) is 2.25. The largest absolute Gasteiger partial charge is 0.493 e. The molecule has 0 aromatic heterocycles. The topological polar surface area (TPSA) is 44.5 Å². The molecule has 2 N–H and O–H groups in total. The van der Waals surface area contributed by atoms with Crippen molar-refractivity contribution in [3.8, 4) is 11.5 Å². The molecule has 1 atom stereocenters. The summed E-state index contributed by atoms with van der Waals surface area (Å²) < 4.78 is 11.3. The van der Waals surface area contributed by atoms with Gasteiger partial charge in [0.25, 0.3) is 0 Å². The van der Waals surface area contributed by atoms with Crippen LogP contribution in [0.5, 0.6) is 11.5 Å². The predicted molar refractivity (Wildman–Crippen MR) is 68.5 cm³/mol. The van der Waals surface area contributed by atoms with Crippen molar-refractivity contribution in [3.05, 3.63) is 23.8 Å². The molecule has 0 spiro atoms. The molecule has 0 saturated heterocycles. The summed E-state index contributed by atoms with van der Waals surface area (Å²) in [7, 11) is 1.67. The van der Waals surface area contributed by atoms with Gasteiger partial charge in [-0.25, -0.2) is 0 Å². The highest BCUT2D eigenvalue weighted by Gasteiger charge is 2.18. The zero-order chi connectivity index (χ0) is 12.3. The summed E-state index contributed by atoms with van der Waals surface area (Å²) in [5.74, 6) is 1.62. The van der Waals surface area contributed by atoms with Crippen LogP contribution in [-0.4, -0.2) is 13.2 Å². The van der Waals surface area contributed by atoms with E-state index in [4.69, 9.17) is 15.2 Å². The molecule has 3 heteroatoms. The van der Waals surface area contributed by atoms with Crippen molar-refractivity contribution >= 4 is 0 Å². The molecule has 0 radical (unpaired) electrons. The lowest BCUT2D eigenvalue weighted by Crippen LogP contribution is -2.12. The van der Waals surface area contributed by atoms with Crippen molar-refractivity contribution in [2.24, 2.45) is 5.73 Å². The normalized spacial score (nSPS) is 18.1. The van der Waals surface area contributed by atoms with Gasteiger partial charge >= 0.3 is 0 Å². The highest BCUT2D eigenvalue weighted by Crippen LogP contribution is 2.33. The van der Waals surface area contributed by atoms with Crippen LogP contribution < -0.4 is 15.2 Å². The lowest BCUT2D eigenvalue weighted by Gasteiger charge is -2.17. The van der Waals surface area contributed by atoms with Gasteiger partial charge in [0.1, 0.15) is 0 Å². The van der Waals surface area contributed by atoms with E-state index in [9.17, 15) is 0 Å². The van der Waals surface area contributed by atoms with Crippen molar-refractivity contribution in [3.63, 3.8) is 0 Å². The smallest absolute Gasteiger partial charge is 0.161 e. The van der Waals surface area contributed by atoms with Gasteiger partial charge in [-0.3, -0.25) is 0 Å². The Kier molecular flexibility index (Phi) is 3.89. The Morgan fingerprint density at radius 3 is 2.53 bits per heavy atom. The second kappa shape index (κ2) is 5.41. The predicted octanol–water partition coefficient (Wildman–Crippen LogP) is 3.04. The highest BCUT2D eigenvalue weighted by atomic mass is 16.5. The van der Waals surface area contributed by atoms with Crippen LogP contribution in [0, 0.1) is 0 Å². The van der Waals surface area contributed by atoms with Crippen LogP contribution >= 0.6 is 0 Å². The zero-order valence-corrected chi connectivity index (χ0v) is 10.6. The Labute approximate surface area is 103 Å². The van der Waals surface area contributed by atoms with Gasteiger partial charge in [-0.15, -0.1) is 0 Å². The maximum absolute atomic E-state index is 5.97. The molecule has 2 rings (SSSR count). The van der Waals surface area contributed by atoms with E-state index in [1.54, 1.807) is 7.11 Å². The number of nitrogens with two attached hydrogens (primary N) is 1. The quantitative estimate of drug-likeness (QED) is 0.872. The second-order valence-corrected chi connectivity index (χ2v) is 4.72. The van der Waals surface area contributed by atoms with Gasteiger partial charge in [0, 0.05) is 6.04 Å². The molecule has 0 bridgehead atoms. The fourth-order valence-electron chi connectivity index (χ4n) is 2.25. The second-order valence-electron chi connectivity index (χ2n) is 4.72. The van der Waals surface area contributed by atoms with Crippen LogP contribution in [0.15, 0.2) is 18.2 Å². The summed E-state index contributed by atoms with van der Waals surface area (Å²) >= 11 is 0. The molecule has 0 amide bonds. The van der Waals surface area contributed by atoms with Crippen LogP contribution in [0.25, 0.3) is 0 Å². The Bertz CT molecular complexity index is 370. The first kappa shape index (κ1) is 12.2. The minimum Gasteiger partial charge on any atom is -0.493 e. The van der Waals surface area contributed by atoms with Crippen LogP contribution in [0.4, 0.5) is 0 Å². The van der Waals surface area contributed by atoms with Crippen molar-refractivity contribution < 1.29 is 9.47 Å². The first-order valence-corrected chi connectivity index (χ1v) is 6.31. The molecule has 1 aliphatic carbocycles. The Balaban J connectivity index is 2.15. The Morgan fingerprint density at radius 2 is 1.94 bits per heavy atom. The molecule has 0 aliphatic heterocycles. The average Bonchev–Trinajstić information content (AvgIpc) is 2.82. The van der Waals surface area contributed by atoms with Crippen molar-refractivity contribution in [2.75, 3.05) is 7.11 Å². The standard InChI is InChI=1S/C14H21NO2/c1-10(15)11-7-8-13(14(9-11)16-2)17-12-5-3-4-6-12/h7-10,12H,3-6,15H2,1-2H3/t10-/m1/s1. The van der Waals surface area contributed by atoms with E-state index in [-0.39, 0.29) is 6.04 Å². The van der Waals surface area contributed by atoms with Gasteiger partial charge in [-0.1, -0.05) is 6.07 Å². The number of benzene rings is 1. The molecule has 0 unspecified atom stereocenters. The molecular weight excluding hydrogens is 214 g/mol. The van der Waals surface area contributed by atoms with Gasteiger partial charge in [0.05, 0.1) is 13.2 Å². The van der Waals surface area contributed by atoms with E-state index in [0.29, 0.717) is 6.10 Å². The third-order valence-electron chi connectivity index (χ3n) is 3.31. The summed E-state index contributed by atoms with van der Waals surface area (Å²) in [5, 5.41) is 0. The molecule has 94 valence electrons. The summed E-state index contributed by atoms with van der Waals surface area (Å²) in [6.45, 7) is 1.96. The first-order chi connectivity index (χ1) is 8.20. The average molecular weight is 235 g/mol. The maximum Gasteiger partial charge on any atom is 0.161 e. The van der Waals surface area contributed by atoms with E-state index in [2.05, 4.69) is 0 Å². The molecule has 1 saturated carbocycles. The van der Waals surface area contributed by atoms with Crippen molar-refractivity contribution in [1.82, 2.24) is 0 Å². The van der Waals surface area contributed by atoms with E-state index >= 15 is 0 Å². The molecule has 1 aromatic rings. The lowest BCUT2D eigenvalue weighted by atomic mass is 10.1. The molecule has 17 heavy (non-hydrogen) atoms. The minimum absolute atomic E-state index is 0.0180. The van der Waals surface area contributed by atoms with Gasteiger partial charge < -0.3 is 15.2 Å². The number of ether oxygens (including phenoxy) is 2. The van der Waals surface area contributed by atoms with Gasteiger partial charge in [-0.2, -0.15) is 0 Å². The molecule has 0 heterocycles. The first-order valence-electron chi connectivity index (χ1n) is 6.31. The molecule has 1 aliphatic rings. The Hall–Kier alpha value is -1.22. The Morgan fingerprint density at radius 1 is 1.24 bits per heavy atom. The molecular formula is C14H21NO2. The number of hydrogen-bond acceptors (Lipinski definition) is 3. The van der Waals surface area contributed by atoms with Crippen molar-refractivity contribution in [2.45, 2.75) is 44.8 Å². The minimum atomic E-state index is 0.0180. The molecule has 1 aromatic carbocycles. The van der Waals surface area contributed by atoms with E-state index in [1.165, 1.54) is 12.8 Å². The number of methoxy groups -OCH3 is 1. The monoisotopic (exact) mass is 235 g/mol. The van der Waals surface area contributed by atoms with Crippen LogP contribution in [0.1, 0.15) is 44.2 Å². The summed E-state index contributed by atoms with van der Waals surface area (Å²) in [5.41, 5.74) is 6.92. The zero-order valence-electron chi connectivity index (χ0n) is 10.6. The number of rotatable bonds is 4. The van der Waals surface area contributed by atoms with Crippen LogP contribution in [0.2, 0.25) is 0 Å². The van der Waals surface area contributed by atoms with Crippen LogP contribution in [0.3, 0.4) is 0 Å². The molecule has 3 nitrogen and oxygen atoms in total.